The molecule has 0 fully saturated rings. The predicted molar refractivity (Wildman–Crippen MR) is 87.3 cm³/mol. The molecule has 0 saturated carbocycles. The molecule has 21 heavy (non-hydrogen) atoms. The minimum absolute atomic E-state index is 0.0291. The van der Waals surface area contributed by atoms with Crippen LogP contribution < -0.4 is 0 Å². The molecule has 0 amide bonds. The molecule has 0 saturated heterocycles. The van der Waals surface area contributed by atoms with Gasteiger partial charge in [-0.05, 0) is 12.8 Å². The SMILES string of the molecule is CCCCCCCCCCC(=O)CC(=O)OCCCCC. The van der Waals surface area contributed by atoms with E-state index >= 15 is 0 Å². The molecule has 0 aromatic carbocycles. The molecular weight excluding hydrogens is 264 g/mol. The summed E-state index contributed by atoms with van der Waals surface area (Å²) >= 11 is 0. The highest BCUT2D eigenvalue weighted by Gasteiger charge is 2.10. The predicted octanol–water partition coefficient (Wildman–Crippen LogP) is 5.21. The standard InChI is InChI=1S/C18H34O3/c1-3-5-7-8-9-10-11-12-14-17(19)16-18(20)21-15-13-6-4-2/h3-16H2,1-2H3. The van der Waals surface area contributed by atoms with E-state index in [0.717, 1.165) is 32.1 Å². The van der Waals surface area contributed by atoms with Crippen LogP contribution in [0.25, 0.3) is 0 Å². The normalized spacial score (nSPS) is 10.6. The van der Waals surface area contributed by atoms with Crippen LogP contribution in [0.15, 0.2) is 0 Å². The highest BCUT2D eigenvalue weighted by atomic mass is 16.5. The number of unbranched alkanes of at least 4 members (excludes halogenated alkanes) is 9. The summed E-state index contributed by atoms with van der Waals surface area (Å²) in [4.78, 5) is 23.0. The summed E-state index contributed by atoms with van der Waals surface area (Å²) in [6.45, 7) is 4.79. The minimum atomic E-state index is -0.351. The maximum atomic E-state index is 11.6. The molecule has 3 heteroatoms. The number of carbonyl (C=O) groups excluding carboxylic acids is 2. The van der Waals surface area contributed by atoms with Gasteiger partial charge in [0.05, 0.1) is 6.61 Å². The zero-order valence-electron chi connectivity index (χ0n) is 14.1. The number of esters is 1. The van der Waals surface area contributed by atoms with Crippen molar-refractivity contribution in [2.45, 2.75) is 97.3 Å². The summed E-state index contributed by atoms with van der Waals surface area (Å²) in [6, 6.07) is 0. The van der Waals surface area contributed by atoms with Crippen LogP contribution in [0, 0.1) is 0 Å². The topological polar surface area (TPSA) is 43.4 Å². The molecule has 0 bridgehead atoms. The average molecular weight is 298 g/mol. The van der Waals surface area contributed by atoms with Gasteiger partial charge in [0.25, 0.3) is 0 Å². The first-order valence-electron chi connectivity index (χ1n) is 8.88. The lowest BCUT2D eigenvalue weighted by molar-refractivity contribution is -0.146. The van der Waals surface area contributed by atoms with Gasteiger partial charge in [-0.3, -0.25) is 9.59 Å². The second-order valence-electron chi connectivity index (χ2n) is 5.87. The molecule has 0 aliphatic heterocycles. The second-order valence-corrected chi connectivity index (χ2v) is 5.87. The number of hydrogen-bond acceptors (Lipinski definition) is 3. The first-order valence-corrected chi connectivity index (χ1v) is 8.88. The Bertz CT molecular complexity index is 261. The Morgan fingerprint density at radius 2 is 1.24 bits per heavy atom. The van der Waals surface area contributed by atoms with Gasteiger partial charge in [-0.25, -0.2) is 0 Å². The van der Waals surface area contributed by atoms with Gasteiger partial charge < -0.3 is 4.74 Å². The van der Waals surface area contributed by atoms with Gasteiger partial charge in [0.15, 0.2) is 0 Å². The van der Waals surface area contributed by atoms with Gasteiger partial charge in [-0.15, -0.1) is 0 Å². The highest BCUT2D eigenvalue weighted by Crippen LogP contribution is 2.10. The first kappa shape index (κ1) is 20.1. The Kier molecular flexibility index (Phi) is 14.9. The summed E-state index contributed by atoms with van der Waals surface area (Å²) in [5.74, 6) is -0.322. The number of hydrogen-bond donors (Lipinski definition) is 0. The molecule has 0 atom stereocenters. The van der Waals surface area contributed by atoms with Crippen LogP contribution in [0.1, 0.15) is 97.3 Å². The fraction of sp³-hybridized carbons (Fsp3) is 0.889. The van der Waals surface area contributed by atoms with Crippen molar-refractivity contribution in [2.24, 2.45) is 0 Å². The van der Waals surface area contributed by atoms with Gasteiger partial charge >= 0.3 is 5.97 Å². The Labute approximate surface area is 130 Å². The maximum absolute atomic E-state index is 11.6. The Hall–Kier alpha value is -0.860. The van der Waals surface area contributed by atoms with Crippen molar-refractivity contribution in [1.82, 2.24) is 0 Å². The van der Waals surface area contributed by atoms with Crippen LogP contribution in [0.5, 0.6) is 0 Å². The molecule has 0 unspecified atom stereocenters. The van der Waals surface area contributed by atoms with E-state index in [1.54, 1.807) is 0 Å². The zero-order chi connectivity index (χ0) is 15.8. The van der Waals surface area contributed by atoms with Crippen molar-refractivity contribution < 1.29 is 14.3 Å². The molecule has 0 radical (unpaired) electrons. The molecule has 0 N–H and O–H groups in total. The number of ether oxygens (including phenoxy) is 1. The van der Waals surface area contributed by atoms with Gasteiger partial charge in [-0.2, -0.15) is 0 Å². The van der Waals surface area contributed by atoms with Crippen molar-refractivity contribution in [3.63, 3.8) is 0 Å². The molecule has 0 aliphatic carbocycles. The average Bonchev–Trinajstić information content (AvgIpc) is 2.46. The highest BCUT2D eigenvalue weighted by molar-refractivity contribution is 5.95. The summed E-state index contributed by atoms with van der Waals surface area (Å²) in [6.07, 6.45) is 13.3. The molecule has 0 rings (SSSR count). The Morgan fingerprint density at radius 1 is 0.714 bits per heavy atom. The molecule has 0 aliphatic rings. The molecule has 0 aromatic heterocycles. The lowest BCUT2D eigenvalue weighted by Crippen LogP contribution is -2.12. The van der Waals surface area contributed by atoms with E-state index in [2.05, 4.69) is 13.8 Å². The second kappa shape index (κ2) is 15.5. The van der Waals surface area contributed by atoms with Crippen LogP contribution in [0.4, 0.5) is 0 Å². The molecule has 0 aromatic rings. The van der Waals surface area contributed by atoms with Crippen LogP contribution in [0.3, 0.4) is 0 Å². The number of rotatable bonds is 15. The number of carbonyl (C=O) groups is 2. The molecule has 0 heterocycles. The maximum Gasteiger partial charge on any atom is 0.313 e. The van der Waals surface area contributed by atoms with Crippen LogP contribution in [0.2, 0.25) is 0 Å². The fourth-order valence-corrected chi connectivity index (χ4v) is 2.29. The van der Waals surface area contributed by atoms with Crippen molar-refractivity contribution in [1.29, 1.82) is 0 Å². The lowest BCUT2D eigenvalue weighted by Gasteiger charge is -2.04. The van der Waals surface area contributed by atoms with E-state index in [9.17, 15) is 9.59 Å². The number of ketones is 1. The fourth-order valence-electron chi connectivity index (χ4n) is 2.29. The van der Waals surface area contributed by atoms with E-state index < -0.39 is 0 Å². The summed E-state index contributed by atoms with van der Waals surface area (Å²) < 4.78 is 5.04. The van der Waals surface area contributed by atoms with E-state index in [4.69, 9.17) is 4.74 Å². The third kappa shape index (κ3) is 15.3. The summed E-state index contributed by atoms with van der Waals surface area (Å²) in [5.41, 5.74) is 0. The van der Waals surface area contributed by atoms with Crippen molar-refractivity contribution in [2.75, 3.05) is 6.61 Å². The van der Waals surface area contributed by atoms with Crippen LogP contribution in [-0.4, -0.2) is 18.4 Å². The molecule has 3 nitrogen and oxygen atoms in total. The number of Topliss-reactive ketones (excluding diaryl/α,β-unsaturated/α-hetero) is 1. The summed E-state index contributed by atoms with van der Waals surface area (Å²) in [7, 11) is 0. The van der Waals surface area contributed by atoms with Crippen molar-refractivity contribution in [3.05, 3.63) is 0 Å². The zero-order valence-corrected chi connectivity index (χ0v) is 14.1. The van der Waals surface area contributed by atoms with Crippen LogP contribution >= 0.6 is 0 Å². The van der Waals surface area contributed by atoms with Gasteiger partial charge in [0.1, 0.15) is 12.2 Å². The quantitative estimate of drug-likeness (QED) is 0.237. The third-order valence-electron chi connectivity index (χ3n) is 3.66. The van der Waals surface area contributed by atoms with Crippen molar-refractivity contribution >= 4 is 11.8 Å². The van der Waals surface area contributed by atoms with E-state index in [-0.39, 0.29) is 18.2 Å². The third-order valence-corrected chi connectivity index (χ3v) is 3.66. The van der Waals surface area contributed by atoms with Gasteiger partial charge in [0.2, 0.25) is 0 Å². The van der Waals surface area contributed by atoms with E-state index in [0.29, 0.717) is 13.0 Å². The lowest BCUT2D eigenvalue weighted by atomic mass is 10.1. The molecular formula is C18H34O3. The monoisotopic (exact) mass is 298 g/mol. The van der Waals surface area contributed by atoms with E-state index in [1.165, 1.54) is 38.5 Å². The Balaban J connectivity index is 3.35. The minimum Gasteiger partial charge on any atom is -0.465 e. The largest absolute Gasteiger partial charge is 0.465 e. The smallest absolute Gasteiger partial charge is 0.313 e. The molecule has 124 valence electrons. The van der Waals surface area contributed by atoms with Crippen LogP contribution in [-0.2, 0) is 14.3 Å². The molecule has 0 spiro atoms. The van der Waals surface area contributed by atoms with Crippen molar-refractivity contribution in [3.8, 4) is 0 Å². The first-order chi connectivity index (χ1) is 10.2. The summed E-state index contributed by atoms with van der Waals surface area (Å²) in [5, 5.41) is 0. The van der Waals surface area contributed by atoms with Gasteiger partial charge in [-0.1, -0.05) is 71.6 Å². The van der Waals surface area contributed by atoms with E-state index in [1.807, 2.05) is 0 Å². The van der Waals surface area contributed by atoms with Gasteiger partial charge in [0, 0.05) is 6.42 Å². The Morgan fingerprint density at radius 3 is 1.86 bits per heavy atom.